The zero-order chi connectivity index (χ0) is 17.4. The van der Waals surface area contributed by atoms with Crippen molar-refractivity contribution in [1.82, 2.24) is 0 Å². The summed E-state index contributed by atoms with van der Waals surface area (Å²) in [6.07, 6.45) is 1.20. The van der Waals surface area contributed by atoms with Crippen molar-refractivity contribution in [3.8, 4) is 0 Å². The largest absolute Gasteiger partial charge is 0.481 e. The first kappa shape index (κ1) is 19.3. The molecule has 23 heavy (non-hydrogen) atoms. The van der Waals surface area contributed by atoms with Gasteiger partial charge in [0.15, 0.2) is 0 Å². The summed E-state index contributed by atoms with van der Waals surface area (Å²) >= 11 is 0. The number of carboxylic acids is 2. The predicted octanol–water partition coefficient (Wildman–Crippen LogP) is 1.41. The third kappa shape index (κ3) is 6.90. The normalized spacial score (nSPS) is 23.9. The van der Waals surface area contributed by atoms with E-state index in [1.807, 2.05) is 0 Å². The average molecular weight is 328 g/mol. The third-order valence-electron chi connectivity index (χ3n) is 4.36. The number of unbranched alkanes of at least 4 members (excludes halogenated alkanes) is 1. The van der Waals surface area contributed by atoms with Gasteiger partial charge in [-0.05, 0) is 31.6 Å². The number of carbonyl (C=O) groups is 4. The Morgan fingerprint density at radius 2 is 1.52 bits per heavy atom. The topological polar surface area (TPSA) is 129 Å². The number of rotatable bonds is 11. The van der Waals surface area contributed by atoms with Gasteiger partial charge < -0.3 is 15.3 Å². The summed E-state index contributed by atoms with van der Waals surface area (Å²) in [4.78, 5) is 44.6. The van der Waals surface area contributed by atoms with Crippen LogP contribution in [0.15, 0.2) is 0 Å². The minimum atomic E-state index is -0.979. The highest BCUT2D eigenvalue weighted by Crippen LogP contribution is 2.35. The van der Waals surface area contributed by atoms with Gasteiger partial charge in [0.25, 0.3) is 0 Å². The van der Waals surface area contributed by atoms with Gasteiger partial charge in [-0.2, -0.15) is 0 Å². The van der Waals surface area contributed by atoms with E-state index in [-0.39, 0.29) is 49.6 Å². The summed E-state index contributed by atoms with van der Waals surface area (Å²) in [5.74, 6) is -2.85. The molecule has 0 bridgehead atoms. The van der Waals surface area contributed by atoms with Crippen molar-refractivity contribution in [2.24, 2.45) is 11.8 Å². The first-order valence-electron chi connectivity index (χ1n) is 7.97. The van der Waals surface area contributed by atoms with E-state index >= 15 is 0 Å². The number of aliphatic carboxylic acids is 2. The van der Waals surface area contributed by atoms with Gasteiger partial charge in [0, 0.05) is 38.0 Å². The molecule has 130 valence electrons. The van der Waals surface area contributed by atoms with E-state index in [9.17, 15) is 24.3 Å². The highest BCUT2D eigenvalue weighted by Gasteiger charge is 2.41. The summed E-state index contributed by atoms with van der Waals surface area (Å²) < 4.78 is 0. The summed E-state index contributed by atoms with van der Waals surface area (Å²) in [6.45, 7) is 0. The van der Waals surface area contributed by atoms with E-state index in [1.54, 1.807) is 0 Å². The van der Waals surface area contributed by atoms with Crippen LogP contribution in [0.2, 0.25) is 0 Å². The first-order valence-corrected chi connectivity index (χ1v) is 7.97. The van der Waals surface area contributed by atoms with E-state index in [0.29, 0.717) is 25.7 Å². The lowest BCUT2D eigenvalue weighted by Crippen LogP contribution is -2.22. The van der Waals surface area contributed by atoms with Gasteiger partial charge in [-0.1, -0.05) is 0 Å². The molecule has 1 fully saturated rings. The molecular formula is C16H24O7. The van der Waals surface area contributed by atoms with E-state index in [1.165, 1.54) is 0 Å². The highest BCUT2D eigenvalue weighted by atomic mass is 16.4. The van der Waals surface area contributed by atoms with Crippen molar-refractivity contribution in [1.29, 1.82) is 0 Å². The molecule has 0 saturated heterocycles. The number of aliphatic hydroxyl groups excluding tert-OH is 1. The molecule has 3 N–H and O–H groups in total. The Morgan fingerprint density at radius 1 is 0.913 bits per heavy atom. The number of hydrogen-bond donors (Lipinski definition) is 3. The molecule has 0 spiro atoms. The SMILES string of the molecule is O=C(O)CCCCC(=O)CC[C@H]1[C@@H](O)CC(=O)[C@@H]1CCC(=O)O. The van der Waals surface area contributed by atoms with E-state index in [0.717, 1.165) is 0 Å². The molecule has 3 atom stereocenters. The molecule has 0 amide bonds. The molecule has 1 saturated carbocycles. The molecular weight excluding hydrogens is 304 g/mol. The van der Waals surface area contributed by atoms with Crippen LogP contribution in [0, 0.1) is 11.8 Å². The second kappa shape index (κ2) is 9.39. The Hall–Kier alpha value is -1.76. The molecule has 1 aliphatic rings. The van der Waals surface area contributed by atoms with Crippen molar-refractivity contribution in [3.63, 3.8) is 0 Å². The van der Waals surface area contributed by atoms with Gasteiger partial charge >= 0.3 is 11.9 Å². The molecule has 7 nitrogen and oxygen atoms in total. The molecule has 1 aliphatic carbocycles. The lowest BCUT2D eigenvalue weighted by molar-refractivity contribution is -0.138. The summed E-state index contributed by atoms with van der Waals surface area (Å²) in [5, 5.41) is 27.2. The molecule has 7 heteroatoms. The van der Waals surface area contributed by atoms with Gasteiger partial charge in [-0.15, -0.1) is 0 Å². The monoisotopic (exact) mass is 328 g/mol. The minimum Gasteiger partial charge on any atom is -0.481 e. The second-order valence-corrected chi connectivity index (χ2v) is 6.12. The van der Waals surface area contributed by atoms with Crippen molar-refractivity contribution in [2.45, 2.75) is 63.9 Å². The molecule has 0 aliphatic heterocycles. The number of carboxylic acid groups (broad SMARTS) is 2. The number of hydrogen-bond acceptors (Lipinski definition) is 5. The minimum absolute atomic E-state index is 0.0149. The molecule has 1 rings (SSSR count). The van der Waals surface area contributed by atoms with Crippen molar-refractivity contribution in [2.75, 3.05) is 0 Å². The number of ketones is 2. The highest BCUT2D eigenvalue weighted by molar-refractivity contribution is 5.85. The Kier molecular flexibility index (Phi) is 7.88. The fourth-order valence-electron chi connectivity index (χ4n) is 3.11. The van der Waals surface area contributed by atoms with Crippen molar-refractivity contribution >= 4 is 23.5 Å². The number of aliphatic hydroxyl groups is 1. The molecule has 0 aromatic heterocycles. The van der Waals surface area contributed by atoms with Crippen LogP contribution in [-0.2, 0) is 19.2 Å². The average Bonchev–Trinajstić information content (AvgIpc) is 2.72. The van der Waals surface area contributed by atoms with Crippen LogP contribution in [0.1, 0.15) is 57.8 Å². The van der Waals surface area contributed by atoms with Crippen LogP contribution in [0.3, 0.4) is 0 Å². The van der Waals surface area contributed by atoms with Gasteiger partial charge in [-0.25, -0.2) is 0 Å². The molecule has 0 heterocycles. The van der Waals surface area contributed by atoms with Crippen molar-refractivity contribution in [3.05, 3.63) is 0 Å². The lowest BCUT2D eigenvalue weighted by atomic mass is 9.85. The van der Waals surface area contributed by atoms with Crippen LogP contribution in [0.4, 0.5) is 0 Å². The zero-order valence-electron chi connectivity index (χ0n) is 13.1. The maximum Gasteiger partial charge on any atom is 0.303 e. The van der Waals surface area contributed by atoms with E-state index < -0.39 is 24.0 Å². The summed E-state index contributed by atoms with van der Waals surface area (Å²) in [5.41, 5.74) is 0. The lowest BCUT2D eigenvalue weighted by Gasteiger charge is -2.20. The fourth-order valence-corrected chi connectivity index (χ4v) is 3.11. The summed E-state index contributed by atoms with van der Waals surface area (Å²) in [6, 6.07) is 0. The Balaban J connectivity index is 2.37. The van der Waals surface area contributed by atoms with E-state index in [2.05, 4.69) is 0 Å². The number of Topliss-reactive ketones (excluding diaryl/α,β-unsaturated/α-hetero) is 2. The maximum atomic E-state index is 11.8. The zero-order valence-corrected chi connectivity index (χ0v) is 13.1. The fraction of sp³-hybridized carbons (Fsp3) is 0.750. The van der Waals surface area contributed by atoms with Crippen LogP contribution in [0.25, 0.3) is 0 Å². The van der Waals surface area contributed by atoms with Crippen molar-refractivity contribution < 1.29 is 34.5 Å². The van der Waals surface area contributed by atoms with Gasteiger partial charge in [0.2, 0.25) is 0 Å². The molecule has 0 unspecified atom stereocenters. The Morgan fingerprint density at radius 3 is 2.13 bits per heavy atom. The molecule has 0 aromatic rings. The van der Waals surface area contributed by atoms with Crippen LogP contribution >= 0.6 is 0 Å². The predicted molar refractivity (Wildman–Crippen MR) is 79.8 cm³/mol. The van der Waals surface area contributed by atoms with Gasteiger partial charge in [0.1, 0.15) is 11.6 Å². The Labute approximate surface area is 134 Å². The van der Waals surface area contributed by atoms with Gasteiger partial charge in [-0.3, -0.25) is 19.2 Å². The van der Waals surface area contributed by atoms with Crippen LogP contribution in [0.5, 0.6) is 0 Å². The van der Waals surface area contributed by atoms with E-state index in [4.69, 9.17) is 10.2 Å². The first-order chi connectivity index (χ1) is 10.8. The maximum absolute atomic E-state index is 11.8. The standard InChI is InChI=1S/C16H24O7/c17-10(3-1-2-4-15(20)21)5-6-11-12(7-8-16(22)23)14(19)9-13(11)18/h11-13,18H,1-9H2,(H,20,21)(H,22,23)/t11-,12-,13+/m1/s1. The third-order valence-corrected chi connectivity index (χ3v) is 4.36. The number of carbonyl (C=O) groups excluding carboxylic acids is 2. The Bertz CT molecular complexity index is 457. The van der Waals surface area contributed by atoms with Crippen LogP contribution in [-0.4, -0.2) is 44.9 Å². The van der Waals surface area contributed by atoms with Crippen LogP contribution < -0.4 is 0 Å². The quantitative estimate of drug-likeness (QED) is 0.489. The molecule has 0 radical (unpaired) electrons. The smallest absolute Gasteiger partial charge is 0.303 e. The molecule has 0 aromatic carbocycles. The van der Waals surface area contributed by atoms with Gasteiger partial charge in [0.05, 0.1) is 6.10 Å². The second-order valence-electron chi connectivity index (χ2n) is 6.12. The summed E-state index contributed by atoms with van der Waals surface area (Å²) in [7, 11) is 0.